The Labute approximate surface area is 151 Å². The molecule has 26 heavy (non-hydrogen) atoms. The molecule has 0 radical (unpaired) electrons. The smallest absolute Gasteiger partial charge is 0.229 e. The van der Waals surface area contributed by atoms with Crippen LogP contribution in [-0.4, -0.2) is 9.78 Å². The first-order valence-corrected chi connectivity index (χ1v) is 8.40. The summed E-state index contributed by atoms with van der Waals surface area (Å²) in [7, 11) is 0. The van der Waals surface area contributed by atoms with E-state index in [4.69, 9.17) is 10.5 Å². The SMILES string of the molecule is Cc1ccccc1C1C(C#N)=C(N)Oc2c1c(C)nn2-c1ccccc1. The van der Waals surface area contributed by atoms with Crippen LogP contribution in [0.5, 0.6) is 5.88 Å². The van der Waals surface area contributed by atoms with Gasteiger partial charge >= 0.3 is 0 Å². The molecule has 0 spiro atoms. The average molecular weight is 342 g/mol. The zero-order valence-electron chi connectivity index (χ0n) is 14.6. The van der Waals surface area contributed by atoms with Crippen molar-refractivity contribution in [3.8, 4) is 17.6 Å². The van der Waals surface area contributed by atoms with Crippen molar-refractivity contribution >= 4 is 0 Å². The summed E-state index contributed by atoms with van der Waals surface area (Å²) in [6, 6.07) is 20.0. The molecule has 1 aliphatic heterocycles. The normalized spacial score (nSPS) is 16.0. The molecule has 1 aliphatic rings. The summed E-state index contributed by atoms with van der Waals surface area (Å²) in [5, 5.41) is 14.4. The zero-order chi connectivity index (χ0) is 18.3. The van der Waals surface area contributed by atoms with Crippen LogP contribution in [0.25, 0.3) is 5.69 Å². The summed E-state index contributed by atoms with van der Waals surface area (Å²) in [5.74, 6) is 0.409. The molecule has 2 N–H and O–H groups in total. The highest BCUT2D eigenvalue weighted by atomic mass is 16.5. The maximum absolute atomic E-state index is 9.73. The Kier molecular flexibility index (Phi) is 3.74. The number of fused-ring (bicyclic) bond motifs is 1. The number of nitriles is 1. The number of para-hydroxylation sites is 1. The van der Waals surface area contributed by atoms with E-state index in [-0.39, 0.29) is 11.8 Å². The third kappa shape index (κ3) is 2.35. The summed E-state index contributed by atoms with van der Waals surface area (Å²) in [6.45, 7) is 3.97. The van der Waals surface area contributed by atoms with Gasteiger partial charge in [-0.3, -0.25) is 0 Å². The number of allylic oxidation sites excluding steroid dienone is 1. The van der Waals surface area contributed by atoms with E-state index < -0.39 is 0 Å². The highest BCUT2D eigenvalue weighted by Gasteiger charge is 2.36. The maximum Gasteiger partial charge on any atom is 0.229 e. The van der Waals surface area contributed by atoms with Gasteiger partial charge < -0.3 is 10.5 Å². The Morgan fingerprint density at radius 3 is 2.46 bits per heavy atom. The first-order valence-electron chi connectivity index (χ1n) is 8.40. The molecular weight excluding hydrogens is 324 g/mol. The predicted octanol–water partition coefficient (Wildman–Crippen LogP) is 3.71. The summed E-state index contributed by atoms with van der Waals surface area (Å²) in [6.07, 6.45) is 0. The van der Waals surface area contributed by atoms with E-state index in [2.05, 4.69) is 11.2 Å². The molecule has 4 rings (SSSR count). The molecule has 5 heteroatoms. The van der Waals surface area contributed by atoms with Crippen LogP contribution in [0.15, 0.2) is 66.1 Å². The predicted molar refractivity (Wildman–Crippen MR) is 98.8 cm³/mol. The van der Waals surface area contributed by atoms with Crippen LogP contribution < -0.4 is 10.5 Å². The van der Waals surface area contributed by atoms with Crippen LogP contribution in [0.2, 0.25) is 0 Å². The van der Waals surface area contributed by atoms with Gasteiger partial charge in [0.2, 0.25) is 11.8 Å². The van der Waals surface area contributed by atoms with Crippen LogP contribution in [0.3, 0.4) is 0 Å². The number of hydrogen-bond donors (Lipinski definition) is 1. The summed E-state index contributed by atoms with van der Waals surface area (Å²) in [5.41, 5.74) is 11.3. The Balaban J connectivity index is 1.99. The van der Waals surface area contributed by atoms with Crippen molar-refractivity contribution in [2.24, 2.45) is 5.73 Å². The minimum Gasteiger partial charge on any atom is -0.422 e. The molecule has 1 atom stereocenters. The molecule has 0 fully saturated rings. The quantitative estimate of drug-likeness (QED) is 0.770. The lowest BCUT2D eigenvalue weighted by Crippen LogP contribution is -2.22. The first-order chi connectivity index (χ1) is 12.6. The lowest BCUT2D eigenvalue weighted by atomic mass is 9.82. The number of benzene rings is 2. The molecule has 0 saturated carbocycles. The minimum absolute atomic E-state index is 0.130. The lowest BCUT2D eigenvalue weighted by Gasteiger charge is -2.26. The maximum atomic E-state index is 9.73. The van der Waals surface area contributed by atoms with E-state index in [1.165, 1.54) is 0 Å². The van der Waals surface area contributed by atoms with Crippen LogP contribution in [0.4, 0.5) is 0 Å². The van der Waals surface area contributed by atoms with Crippen molar-refractivity contribution < 1.29 is 4.74 Å². The molecule has 0 saturated heterocycles. The summed E-state index contributed by atoms with van der Waals surface area (Å²) < 4.78 is 7.62. The Hall–Kier alpha value is -3.52. The van der Waals surface area contributed by atoms with Gasteiger partial charge in [-0.25, -0.2) is 4.68 Å². The van der Waals surface area contributed by atoms with Gasteiger partial charge in [0.25, 0.3) is 0 Å². The van der Waals surface area contributed by atoms with Gasteiger partial charge in [-0.05, 0) is 37.1 Å². The molecule has 1 aromatic heterocycles. The second-order valence-corrected chi connectivity index (χ2v) is 6.33. The molecule has 0 bridgehead atoms. The van der Waals surface area contributed by atoms with Crippen molar-refractivity contribution in [2.45, 2.75) is 19.8 Å². The van der Waals surface area contributed by atoms with Crippen molar-refractivity contribution in [3.63, 3.8) is 0 Å². The minimum atomic E-state index is -0.289. The number of nitrogens with zero attached hydrogens (tertiary/aromatic N) is 3. The largest absolute Gasteiger partial charge is 0.422 e. The standard InChI is InChI=1S/C21H18N4O/c1-13-8-6-7-11-16(13)19-17(12-22)20(23)26-21-18(19)14(2)24-25(21)15-9-4-3-5-10-15/h3-11,19H,23H2,1-2H3. The highest BCUT2D eigenvalue weighted by molar-refractivity contribution is 5.58. The van der Waals surface area contributed by atoms with Crippen LogP contribution in [0, 0.1) is 25.2 Å². The number of hydrogen-bond acceptors (Lipinski definition) is 4. The fourth-order valence-electron chi connectivity index (χ4n) is 3.48. The van der Waals surface area contributed by atoms with E-state index in [1.807, 2.05) is 68.4 Å². The third-order valence-corrected chi connectivity index (χ3v) is 4.73. The number of aromatic nitrogens is 2. The first kappa shape index (κ1) is 16.0. The lowest BCUT2D eigenvalue weighted by molar-refractivity contribution is 0.367. The van der Waals surface area contributed by atoms with Crippen molar-refractivity contribution in [1.82, 2.24) is 9.78 Å². The highest BCUT2D eigenvalue weighted by Crippen LogP contribution is 2.45. The molecule has 1 unspecified atom stereocenters. The van der Waals surface area contributed by atoms with Gasteiger partial charge in [-0.1, -0.05) is 42.5 Å². The van der Waals surface area contributed by atoms with Gasteiger partial charge in [0.05, 0.1) is 22.9 Å². The van der Waals surface area contributed by atoms with E-state index >= 15 is 0 Å². The fourth-order valence-corrected chi connectivity index (χ4v) is 3.48. The molecule has 0 aliphatic carbocycles. The zero-order valence-corrected chi connectivity index (χ0v) is 14.6. The summed E-state index contributed by atoms with van der Waals surface area (Å²) in [4.78, 5) is 0. The summed E-state index contributed by atoms with van der Waals surface area (Å²) >= 11 is 0. The average Bonchev–Trinajstić information content (AvgIpc) is 2.98. The number of ether oxygens (including phenoxy) is 1. The molecule has 5 nitrogen and oxygen atoms in total. The fraction of sp³-hybridized carbons (Fsp3) is 0.143. The van der Waals surface area contributed by atoms with Crippen molar-refractivity contribution in [2.75, 3.05) is 0 Å². The van der Waals surface area contributed by atoms with Crippen molar-refractivity contribution in [1.29, 1.82) is 5.26 Å². The second-order valence-electron chi connectivity index (χ2n) is 6.33. The van der Waals surface area contributed by atoms with E-state index in [0.29, 0.717) is 11.5 Å². The second kappa shape index (κ2) is 6.08. The Morgan fingerprint density at radius 1 is 1.08 bits per heavy atom. The molecule has 2 heterocycles. The number of nitrogens with two attached hydrogens (primary N) is 1. The van der Waals surface area contributed by atoms with Gasteiger partial charge in [0, 0.05) is 0 Å². The Morgan fingerprint density at radius 2 is 1.77 bits per heavy atom. The van der Waals surface area contributed by atoms with Crippen LogP contribution >= 0.6 is 0 Å². The van der Waals surface area contributed by atoms with Crippen LogP contribution in [0.1, 0.15) is 28.3 Å². The molecule has 128 valence electrons. The molecule has 2 aromatic carbocycles. The van der Waals surface area contributed by atoms with Gasteiger partial charge in [0.1, 0.15) is 11.6 Å². The third-order valence-electron chi connectivity index (χ3n) is 4.73. The van der Waals surface area contributed by atoms with E-state index in [1.54, 1.807) is 4.68 Å². The molecular formula is C21H18N4O. The van der Waals surface area contributed by atoms with Crippen LogP contribution in [-0.2, 0) is 0 Å². The number of aryl methyl sites for hydroxylation is 2. The van der Waals surface area contributed by atoms with E-state index in [9.17, 15) is 5.26 Å². The van der Waals surface area contributed by atoms with Crippen molar-refractivity contribution in [3.05, 3.63) is 88.4 Å². The van der Waals surface area contributed by atoms with Gasteiger partial charge in [-0.15, -0.1) is 0 Å². The van der Waals surface area contributed by atoms with Gasteiger partial charge in [0.15, 0.2) is 0 Å². The van der Waals surface area contributed by atoms with E-state index in [0.717, 1.165) is 28.1 Å². The number of rotatable bonds is 2. The van der Waals surface area contributed by atoms with Gasteiger partial charge in [-0.2, -0.15) is 10.4 Å². The topological polar surface area (TPSA) is 76.9 Å². The monoisotopic (exact) mass is 342 g/mol. The molecule has 0 amide bonds. The molecule has 3 aromatic rings. The Bertz CT molecular complexity index is 1060.